The van der Waals surface area contributed by atoms with Crippen molar-refractivity contribution in [1.29, 1.82) is 5.26 Å². The summed E-state index contributed by atoms with van der Waals surface area (Å²) in [5.74, 6) is -0.960. The number of aliphatic hydroxyl groups excluding tert-OH is 1. The van der Waals surface area contributed by atoms with E-state index < -0.39 is 5.92 Å². The van der Waals surface area contributed by atoms with E-state index in [2.05, 4.69) is 6.07 Å². The molecule has 1 aliphatic rings. The third-order valence-electron chi connectivity index (χ3n) is 3.38. The molecule has 2 rings (SSSR count). The first kappa shape index (κ1) is 12.6. The molecule has 2 atom stereocenters. The third kappa shape index (κ3) is 2.36. The van der Waals surface area contributed by atoms with Gasteiger partial charge in [0, 0.05) is 6.54 Å². The molecular weight excluding hydrogens is 228 g/mol. The van der Waals surface area contributed by atoms with Crippen LogP contribution in [0.3, 0.4) is 0 Å². The van der Waals surface area contributed by atoms with Gasteiger partial charge in [0.15, 0.2) is 0 Å². The average molecular weight is 244 g/mol. The quantitative estimate of drug-likeness (QED) is 0.871. The molecule has 1 fully saturated rings. The maximum atomic E-state index is 12.3. The topological polar surface area (TPSA) is 64.3 Å². The lowest BCUT2D eigenvalue weighted by Gasteiger charge is -2.25. The van der Waals surface area contributed by atoms with Crippen LogP contribution in [0.5, 0.6) is 0 Å². The summed E-state index contributed by atoms with van der Waals surface area (Å²) in [6.45, 7) is 0.605. The molecule has 1 N–H and O–H groups in total. The van der Waals surface area contributed by atoms with Crippen molar-refractivity contribution in [2.24, 2.45) is 0 Å². The summed E-state index contributed by atoms with van der Waals surface area (Å²) >= 11 is 0. The number of hydrogen-bond acceptors (Lipinski definition) is 3. The lowest BCUT2D eigenvalue weighted by atomic mass is 9.99. The van der Waals surface area contributed by atoms with Gasteiger partial charge in [0.25, 0.3) is 0 Å². The zero-order chi connectivity index (χ0) is 13.0. The van der Waals surface area contributed by atoms with Gasteiger partial charge in [-0.25, -0.2) is 0 Å². The Bertz CT molecular complexity index is 453. The van der Waals surface area contributed by atoms with Crippen molar-refractivity contribution in [2.75, 3.05) is 13.2 Å². The summed E-state index contributed by atoms with van der Waals surface area (Å²) in [6, 6.07) is 11.0. The zero-order valence-electron chi connectivity index (χ0n) is 10.1. The van der Waals surface area contributed by atoms with Crippen LogP contribution in [0.25, 0.3) is 0 Å². The maximum absolute atomic E-state index is 12.3. The second kappa shape index (κ2) is 5.65. The van der Waals surface area contributed by atoms with Gasteiger partial charge in [-0.2, -0.15) is 5.26 Å². The first-order valence-electron chi connectivity index (χ1n) is 6.14. The van der Waals surface area contributed by atoms with E-state index in [1.165, 1.54) is 0 Å². The van der Waals surface area contributed by atoms with Crippen LogP contribution in [-0.4, -0.2) is 35.1 Å². The minimum atomic E-state index is -0.765. The van der Waals surface area contributed by atoms with Crippen LogP contribution in [0.4, 0.5) is 0 Å². The van der Waals surface area contributed by atoms with E-state index >= 15 is 0 Å². The van der Waals surface area contributed by atoms with Crippen LogP contribution >= 0.6 is 0 Å². The minimum absolute atomic E-state index is 0.0291. The summed E-state index contributed by atoms with van der Waals surface area (Å²) in [7, 11) is 0. The second-order valence-electron chi connectivity index (χ2n) is 4.48. The molecule has 1 aromatic carbocycles. The number of likely N-dealkylation sites (tertiary alicyclic amines) is 1. The van der Waals surface area contributed by atoms with Crippen LogP contribution in [0.15, 0.2) is 30.3 Å². The Kier molecular flexibility index (Phi) is 3.96. The number of carbonyl (C=O) groups excluding carboxylic acids is 1. The molecule has 1 aliphatic heterocycles. The number of hydrogen-bond donors (Lipinski definition) is 1. The zero-order valence-corrected chi connectivity index (χ0v) is 10.1. The van der Waals surface area contributed by atoms with E-state index in [9.17, 15) is 15.2 Å². The van der Waals surface area contributed by atoms with Gasteiger partial charge in [0.1, 0.15) is 5.92 Å². The number of rotatable bonds is 3. The van der Waals surface area contributed by atoms with Crippen LogP contribution in [0.1, 0.15) is 24.3 Å². The summed E-state index contributed by atoms with van der Waals surface area (Å²) in [4.78, 5) is 14.0. The highest BCUT2D eigenvalue weighted by Gasteiger charge is 2.33. The van der Waals surface area contributed by atoms with Gasteiger partial charge in [0.2, 0.25) is 5.91 Å². The Morgan fingerprint density at radius 2 is 2.22 bits per heavy atom. The molecule has 0 spiro atoms. The van der Waals surface area contributed by atoms with Crippen LogP contribution in [0, 0.1) is 11.3 Å². The fourth-order valence-corrected chi connectivity index (χ4v) is 2.40. The molecule has 4 heteroatoms. The molecule has 18 heavy (non-hydrogen) atoms. The predicted octanol–water partition coefficient (Wildman–Crippen LogP) is 1.28. The summed E-state index contributed by atoms with van der Waals surface area (Å²) in [5, 5.41) is 18.4. The standard InChI is InChI=1S/C14H16N2O2/c15-9-13(11-5-2-1-3-6-11)14(18)16-8-4-7-12(16)10-17/h1-3,5-6,12-13,17H,4,7-8,10H2/t12-,13?/m0/s1. The van der Waals surface area contributed by atoms with Crippen molar-refractivity contribution in [1.82, 2.24) is 4.90 Å². The van der Waals surface area contributed by atoms with Crippen molar-refractivity contribution in [2.45, 2.75) is 24.8 Å². The SMILES string of the molecule is N#CC(C(=O)N1CCC[C@H]1CO)c1ccccc1. The molecule has 0 aliphatic carbocycles. The van der Waals surface area contributed by atoms with Gasteiger partial charge in [-0.05, 0) is 18.4 Å². The summed E-state index contributed by atoms with van der Waals surface area (Å²) < 4.78 is 0. The van der Waals surface area contributed by atoms with Gasteiger partial charge in [-0.3, -0.25) is 4.79 Å². The molecule has 0 aromatic heterocycles. The van der Waals surface area contributed by atoms with Gasteiger partial charge in [-0.15, -0.1) is 0 Å². The van der Waals surface area contributed by atoms with Gasteiger partial charge < -0.3 is 10.0 Å². The smallest absolute Gasteiger partial charge is 0.244 e. The summed E-state index contributed by atoms with van der Waals surface area (Å²) in [6.07, 6.45) is 1.71. The fraction of sp³-hybridized carbons (Fsp3) is 0.429. The first-order chi connectivity index (χ1) is 8.77. The number of amides is 1. The first-order valence-corrected chi connectivity index (χ1v) is 6.14. The summed E-state index contributed by atoms with van der Waals surface area (Å²) in [5.41, 5.74) is 0.716. The monoisotopic (exact) mass is 244 g/mol. The minimum Gasteiger partial charge on any atom is -0.394 e. The van der Waals surface area contributed by atoms with Crippen molar-refractivity contribution in [3.63, 3.8) is 0 Å². The molecule has 0 bridgehead atoms. The Balaban J connectivity index is 2.19. The highest BCUT2D eigenvalue weighted by atomic mass is 16.3. The molecule has 1 aromatic rings. The van der Waals surface area contributed by atoms with Gasteiger partial charge >= 0.3 is 0 Å². The van der Waals surface area contributed by atoms with E-state index in [0.717, 1.165) is 12.8 Å². The predicted molar refractivity (Wildman–Crippen MR) is 66.6 cm³/mol. The molecule has 94 valence electrons. The number of nitriles is 1. The Morgan fingerprint density at radius 1 is 1.50 bits per heavy atom. The lowest BCUT2D eigenvalue weighted by Crippen LogP contribution is -2.40. The Hall–Kier alpha value is -1.86. The van der Waals surface area contributed by atoms with Crippen molar-refractivity contribution in [3.05, 3.63) is 35.9 Å². The second-order valence-corrected chi connectivity index (χ2v) is 4.48. The fourth-order valence-electron chi connectivity index (χ4n) is 2.40. The molecule has 0 saturated carbocycles. The van der Waals surface area contributed by atoms with E-state index in [0.29, 0.717) is 12.1 Å². The largest absolute Gasteiger partial charge is 0.394 e. The van der Waals surface area contributed by atoms with Gasteiger partial charge in [-0.1, -0.05) is 30.3 Å². The molecule has 0 radical (unpaired) electrons. The lowest BCUT2D eigenvalue weighted by molar-refractivity contribution is -0.133. The van der Waals surface area contributed by atoms with E-state index in [1.807, 2.05) is 18.2 Å². The molecule has 1 saturated heterocycles. The van der Waals surface area contributed by atoms with E-state index in [1.54, 1.807) is 17.0 Å². The van der Waals surface area contributed by atoms with Crippen molar-refractivity contribution >= 4 is 5.91 Å². The van der Waals surface area contributed by atoms with E-state index in [4.69, 9.17) is 0 Å². The highest BCUT2D eigenvalue weighted by Crippen LogP contribution is 2.24. The Labute approximate surface area is 106 Å². The van der Waals surface area contributed by atoms with Crippen LogP contribution in [-0.2, 0) is 4.79 Å². The Morgan fingerprint density at radius 3 is 2.83 bits per heavy atom. The molecule has 4 nitrogen and oxygen atoms in total. The number of benzene rings is 1. The molecule has 1 unspecified atom stereocenters. The normalized spacial score (nSPS) is 20.4. The van der Waals surface area contributed by atoms with Crippen molar-refractivity contribution < 1.29 is 9.90 Å². The van der Waals surface area contributed by atoms with Crippen LogP contribution < -0.4 is 0 Å². The highest BCUT2D eigenvalue weighted by molar-refractivity contribution is 5.87. The molecule has 1 heterocycles. The number of carbonyl (C=O) groups is 1. The number of aliphatic hydroxyl groups is 1. The molecule has 1 amide bonds. The molecular formula is C14H16N2O2. The third-order valence-corrected chi connectivity index (χ3v) is 3.38. The van der Waals surface area contributed by atoms with Crippen LogP contribution in [0.2, 0.25) is 0 Å². The average Bonchev–Trinajstić information content (AvgIpc) is 2.89. The van der Waals surface area contributed by atoms with Gasteiger partial charge in [0.05, 0.1) is 18.7 Å². The van der Waals surface area contributed by atoms with Crippen molar-refractivity contribution in [3.8, 4) is 6.07 Å². The van der Waals surface area contributed by atoms with E-state index in [-0.39, 0.29) is 18.6 Å². The number of nitrogens with zero attached hydrogens (tertiary/aromatic N) is 2. The maximum Gasteiger partial charge on any atom is 0.244 e.